The monoisotopic (exact) mass is 318 g/mol. The molecule has 1 fully saturated rings. The Labute approximate surface area is 139 Å². The van der Waals surface area contributed by atoms with Crippen molar-refractivity contribution in [1.82, 2.24) is 10.6 Å². The number of nitrogens with one attached hydrogen (secondary N) is 2. The highest BCUT2D eigenvalue weighted by atomic mass is 16.3. The van der Waals surface area contributed by atoms with E-state index in [1.807, 2.05) is 32.0 Å². The Morgan fingerprint density at radius 3 is 2.70 bits per heavy atom. The van der Waals surface area contributed by atoms with Crippen LogP contribution in [0.1, 0.15) is 45.1 Å². The van der Waals surface area contributed by atoms with E-state index >= 15 is 0 Å². The Kier molecular flexibility index (Phi) is 6.19. The van der Waals surface area contributed by atoms with Crippen LogP contribution in [0.5, 0.6) is 0 Å². The maximum absolute atomic E-state index is 12.5. The summed E-state index contributed by atoms with van der Waals surface area (Å²) in [4.78, 5) is 12.5. The van der Waals surface area contributed by atoms with Gasteiger partial charge in [0.1, 0.15) is 0 Å². The number of aliphatic hydroxyl groups is 1. The fourth-order valence-electron chi connectivity index (χ4n) is 3.36. The van der Waals surface area contributed by atoms with Crippen LogP contribution in [0.25, 0.3) is 0 Å². The van der Waals surface area contributed by atoms with E-state index in [1.54, 1.807) is 0 Å². The average Bonchev–Trinajstić information content (AvgIpc) is 2.55. The van der Waals surface area contributed by atoms with Crippen molar-refractivity contribution >= 4 is 5.91 Å². The number of hydrogen-bond donors (Lipinski definition) is 3. The fraction of sp³-hybridized carbons (Fsp3) is 0.632. The molecule has 2 rings (SSSR count). The highest BCUT2D eigenvalue weighted by Crippen LogP contribution is 2.34. The van der Waals surface area contributed by atoms with Gasteiger partial charge in [0.25, 0.3) is 0 Å². The van der Waals surface area contributed by atoms with E-state index in [1.165, 1.54) is 0 Å². The van der Waals surface area contributed by atoms with E-state index in [-0.39, 0.29) is 29.8 Å². The minimum absolute atomic E-state index is 0.0901. The smallest absolute Gasteiger partial charge is 0.223 e. The summed E-state index contributed by atoms with van der Waals surface area (Å²) >= 11 is 0. The van der Waals surface area contributed by atoms with Gasteiger partial charge in [0.15, 0.2) is 0 Å². The lowest BCUT2D eigenvalue weighted by Gasteiger charge is -2.34. The van der Waals surface area contributed by atoms with Gasteiger partial charge in [-0.05, 0) is 37.3 Å². The molecule has 3 atom stereocenters. The van der Waals surface area contributed by atoms with Crippen molar-refractivity contribution in [3.63, 3.8) is 0 Å². The van der Waals surface area contributed by atoms with Gasteiger partial charge in [0.05, 0.1) is 0 Å². The summed E-state index contributed by atoms with van der Waals surface area (Å²) < 4.78 is 0. The van der Waals surface area contributed by atoms with Gasteiger partial charge in [-0.15, -0.1) is 0 Å². The first-order valence-electron chi connectivity index (χ1n) is 8.61. The molecule has 0 aromatic heterocycles. The zero-order valence-corrected chi connectivity index (χ0v) is 14.5. The van der Waals surface area contributed by atoms with Gasteiger partial charge in [-0.1, -0.05) is 44.2 Å². The summed E-state index contributed by atoms with van der Waals surface area (Å²) in [6.07, 6.45) is 1.79. The summed E-state index contributed by atoms with van der Waals surface area (Å²) in [6, 6.07) is 10.5. The zero-order chi connectivity index (χ0) is 16.9. The van der Waals surface area contributed by atoms with Crippen LogP contribution in [0.4, 0.5) is 0 Å². The molecule has 128 valence electrons. The molecule has 1 saturated heterocycles. The van der Waals surface area contributed by atoms with Gasteiger partial charge < -0.3 is 15.7 Å². The molecule has 1 aliphatic rings. The van der Waals surface area contributed by atoms with Crippen LogP contribution >= 0.6 is 0 Å². The van der Waals surface area contributed by atoms with E-state index in [9.17, 15) is 9.90 Å². The molecule has 1 aliphatic heterocycles. The van der Waals surface area contributed by atoms with Crippen molar-refractivity contribution in [3.8, 4) is 0 Å². The van der Waals surface area contributed by atoms with Crippen molar-refractivity contribution in [1.29, 1.82) is 0 Å². The Morgan fingerprint density at radius 2 is 2.09 bits per heavy atom. The van der Waals surface area contributed by atoms with Crippen molar-refractivity contribution in [2.24, 2.45) is 11.3 Å². The lowest BCUT2D eigenvalue weighted by atomic mass is 9.75. The van der Waals surface area contributed by atoms with Crippen LogP contribution in [0.15, 0.2) is 30.3 Å². The van der Waals surface area contributed by atoms with Crippen LogP contribution in [0.3, 0.4) is 0 Å². The minimum Gasteiger partial charge on any atom is -0.396 e. The van der Waals surface area contributed by atoms with Crippen LogP contribution in [0, 0.1) is 11.3 Å². The predicted octanol–water partition coefficient (Wildman–Crippen LogP) is 2.29. The number of piperidine rings is 1. The maximum atomic E-state index is 12.5. The van der Waals surface area contributed by atoms with Crippen LogP contribution in [-0.4, -0.2) is 36.8 Å². The highest BCUT2D eigenvalue weighted by Gasteiger charge is 2.32. The quantitative estimate of drug-likeness (QED) is 0.754. The van der Waals surface area contributed by atoms with Crippen molar-refractivity contribution < 1.29 is 9.90 Å². The molecule has 0 aliphatic carbocycles. The van der Waals surface area contributed by atoms with Crippen molar-refractivity contribution in [2.45, 2.75) is 45.6 Å². The van der Waals surface area contributed by atoms with Gasteiger partial charge in [-0.2, -0.15) is 0 Å². The molecule has 1 aromatic rings. The Morgan fingerprint density at radius 1 is 1.39 bits per heavy atom. The van der Waals surface area contributed by atoms with Gasteiger partial charge >= 0.3 is 0 Å². The Hall–Kier alpha value is -1.39. The van der Waals surface area contributed by atoms with Crippen LogP contribution in [-0.2, 0) is 4.79 Å². The second-order valence-corrected chi connectivity index (χ2v) is 7.43. The van der Waals surface area contributed by atoms with Crippen molar-refractivity contribution in [2.75, 3.05) is 19.7 Å². The van der Waals surface area contributed by atoms with Gasteiger partial charge in [0, 0.05) is 31.0 Å². The number of hydrogen-bond acceptors (Lipinski definition) is 3. The van der Waals surface area contributed by atoms with Gasteiger partial charge in [0.2, 0.25) is 5.91 Å². The highest BCUT2D eigenvalue weighted by molar-refractivity contribution is 5.78. The Balaban J connectivity index is 2.02. The molecule has 0 spiro atoms. The molecular weight excluding hydrogens is 288 g/mol. The standard InChI is InChI=1S/C19H30N2O2/c1-14-11-16(9-10-20-14)18(23)21-12-17(19(2,3)13-22)15-7-5-4-6-8-15/h4-8,14,16-17,20,22H,9-13H2,1-3H3,(H,21,23)/t14-,16-,17?/m0/s1. The fourth-order valence-corrected chi connectivity index (χ4v) is 3.36. The maximum Gasteiger partial charge on any atom is 0.223 e. The zero-order valence-electron chi connectivity index (χ0n) is 14.5. The molecule has 3 N–H and O–H groups in total. The molecule has 1 amide bonds. The number of rotatable bonds is 6. The van der Waals surface area contributed by atoms with Crippen LogP contribution < -0.4 is 10.6 Å². The molecule has 0 radical (unpaired) electrons. The van der Waals surface area contributed by atoms with E-state index in [0.29, 0.717) is 12.6 Å². The largest absolute Gasteiger partial charge is 0.396 e. The summed E-state index contributed by atoms with van der Waals surface area (Å²) in [5.74, 6) is 0.338. The first kappa shape index (κ1) is 18.0. The van der Waals surface area contributed by atoms with Crippen LogP contribution in [0.2, 0.25) is 0 Å². The first-order chi connectivity index (χ1) is 10.9. The Bertz CT molecular complexity index is 501. The first-order valence-corrected chi connectivity index (χ1v) is 8.61. The minimum atomic E-state index is -0.282. The normalized spacial score (nSPS) is 23.3. The van der Waals surface area contributed by atoms with Gasteiger partial charge in [-0.3, -0.25) is 4.79 Å². The summed E-state index contributed by atoms with van der Waals surface area (Å²) in [5, 5.41) is 16.3. The van der Waals surface area contributed by atoms with Gasteiger partial charge in [-0.25, -0.2) is 0 Å². The summed E-state index contributed by atoms with van der Waals surface area (Å²) in [7, 11) is 0. The summed E-state index contributed by atoms with van der Waals surface area (Å²) in [6.45, 7) is 7.78. The summed E-state index contributed by atoms with van der Waals surface area (Å²) in [5.41, 5.74) is 0.876. The third kappa shape index (κ3) is 4.79. The lowest BCUT2D eigenvalue weighted by molar-refractivity contribution is -0.126. The number of benzene rings is 1. The molecule has 4 nitrogen and oxygen atoms in total. The predicted molar refractivity (Wildman–Crippen MR) is 93.2 cm³/mol. The van der Waals surface area contributed by atoms with E-state index in [0.717, 1.165) is 24.9 Å². The second kappa shape index (κ2) is 7.93. The number of carbonyl (C=O) groups is 1. The molecular formula is C19H30N2O2. The van der Waals surface area contributed by atoms with E-state index < -0.39 is 0 Å². The number of aliphatic hydroxyl groups excluding tert-OH is 1. The topological polar surface area (TPSA) is 61.4 Å². The molecule has 1 unspecified atom stereocenters. The number of amides is 1. The van der Waals surface area contributed by atoms with E-state index in [2.05, 4.69) is 29.7 Å². The van der Waals surface area contributed by atoms with Crippen molar-refractivity contribution in [3.05, 3.63) is 35.9 Å². The average molecular weight is 318 g/mol. The lowest BCUT2D eigenvalue weighted by Crippen LogP contribution is -2.44. The molecule has 23 heavy (non-hydrogen) atoms. The molecule has 1 aromatic carbocycles. The third-order valence-electron chi connectivity index (χ3n) is 5.03. The third-order valence-corrected chi connectivity index (χ3v) is 5.03. The second-order valence-electron chi connectivity index (χ2n) is 7.43. The molecule has 0 bridgehead atoms. The number of carbonyl (C=O) groups excluding carboxylic acids is 1. The molecule has 1 heterocycles. The molecule has 4 heteroatoms. The SMILES string of the molecule is C[C@H]1C[C@@H](C(=O)NCC(c2ccccc2)C(C)(C)CO)CCN1. The van der Waals surface area contributed by atoms with E-state index in [4.69, 9.17) is 0 Å². The molecule has 0 saturated carbocycles.